The van der Waals surface area contributed by atoms with Gasteiger partial charge in [0.15, 0.2) is 5.82 Å². The maximum Gasteiger partial charge on any atom is 0.416 e. The molecule has 7 nitrogen and oxygen atoms in total. The van der Waals surface area contributed by atoms with Gasteiger partial charge in [0, 0.05) is 17.8 Å². The Balaban J connectivity index is 2.39. The number of carbonyl (C=O) groups is 1. The van der Waals surface area contributed by atoms with Crippen LogP contribution in [-0.2, 0) is 11.0 Å². The number of benzene rings is 1. The summed E-state index contributed by atoms with van der Waals surface area (Å²) in [5.74, 6) is 4.48. The number of hydrogen-bond donors (Lipinski definition) is 2. The van der Waals surface area contributed by atoms with Gasteiger partial charge in [0.25, 0.3) is 5.91 Å². The zero-order chi connectivity index (χ0) is 18.6. The zero-order valence-corrected chi connectivity index (χ0v) is 13.4. The van der Waals surface area contributed by atoms with Crippen molar-refractivity contribution < 1.29 is 22.7 Å². The second kappa shape index (κ2) is 7.34. The van der Waals surface area contributed by atoms with E-state index in [9.17, 15) is 18.0 Å². The summed E-state index contributed by atoms with van der Waals surface area (Å²) >= 11 is 0. The first kappa shape index (κ1) is 18.5. The third-order valence-corrected chi connectivity index (χ3v) is 2.89. The van der Waals surface area contributed by atoms with E-state index in [0.29, 0.717) is 0 Å². The summed E-state index contributed by atoms with van der Waals surface area (Å²) in [6, 6.07) is 3.28. The van der Waals surface area contributed by atoms with Gasteiger partial charge >= 0.3 is 6.18 Å². The Kier molecular flexibility index (Phi) is 5.42. The molecule has 0 spiro atoms. The molecule has 0 unspecified atom stereocenters. The molecular weight excluding hydrogens is 339 g/mol. The molecule has 1 heterocycles. The van der Waals surface area contributed by atoms with Gasteiger partial charge in [-0.1, -0.05) is 0 Å². The summed E-state index contributed by atoms with van der Waals surface area (Å²) in [4.78, 5) is 15.0. The van der Waals surface area contributed by atoms with Gasteiger partial charge in [-0.15, -0.1) is 5.10 Å². The molecule has 1 aromatic heterocycles. The summed E-state index contributed by atoms with van der Waals surface area (Å²) in [6.07, 6.45) is -1.22. The van der Waals surface area contributed by atoms with Crippen molar-refractivity contribution in [2.75, 3.05) is 0 Å². The minimum absolute atomic E-state index is 0.0533. The van der Waals surface area contributed by atoms with Crippen molar-refractivity contribution >= 4 is 12.1 Å². The van der Waals surface area contributed by atoms with E-state index in [1.54, 1.807) is 13.8 Å². The molecule has 0 aliphatic carbocycles. The van der Waals surface area contributed by atoms with Gasteiger partial charge in [0.05, 0.1) is 11.7 Å². The lowest BCUT2D eigenvalue weighted by Crippen LogP contribution is -2.28. The van der Waals surface area contributed by atoms with Crippen LogP contribution in [0.2, 0.25) is 0 Å². The van der Waals surface area contributed by atoms with Crippen LogP contribution in [0.25, 0.3) is 17.6 Å². The summed E-state index contributed by atoms with van der Waals surface area (Å²) in [7, 11) is 0. The van der Waals surface area contributed by atoms with Crippen molar-refractivity contribution in [2.45, 2.75) is 26.1 Å². The number of aromatic nitrogens is 3. The van der Waals surface area contributed by atoms with E-state index in [-0.39, 0.29) is 23.2 Å². The number of rotatable bonds is 5. The Morgan fingerprint density at radius 3 is 2.68 bits per heavy atom. The van der Waals surface area contributed by atoms with Crippen LogP contribution in [0.15, 0.2) is 30.6 Å². The van der Waals surface area contributed by atoms with E-state index < -0.39 is 17.6 Å². The second-order valence-corrected chi connectivity index (χ2v) is 5.28. The van der Waals surface area contributed by atoms with Crippen molar-refractivity contribution in [3.63, 3.8) is 0 Å². The average Bonchev–Trinajstić information content (AvgIpc) is 2.99. The topological polar surface area (TPSA) is 95.1 Å². The highest BCUT2D eigenvalue weighted by Gasteiger charge is 2.32. The predicted molar refractivity (Wildman–Crippen MR) is 83.9 cm³/mol. The number of alkyl halides is 3. The molecule has 10 heteroatoms. The zero-order valence-electron chi connectivity index (χ0n) is 13.4. The average molecular weight is 355 g/mol. The Morgan fingerprint density at radius 2 is 2.08 bits per heavy atom. The van der Waals surface area contributed by atoms with Gasteiger partial charge in [-0.25, -0.2) is 15.5 Å². The fourth-order valence-electron chi connectivity index (χ4n) is 1.90. The number of hydrogen-bond acceptors (Lipinski definition) is 5. The van der Waals surface area contributed by atoms with Crippen LogP contribution < -0.4 is 16.0 Å². The van der Waals surface area contributed by atoms with Crippen LogP contribution >= 0.6 is 0 Å². The van der Waals surface area contributed by atoms with Gasteiger partial charge in [-0.2, -0.15) is 13.2 Å². The maximum absolute atomic E-state index is 13.1. The molecule has 0 aliphatic heterocycles. The lowest BCUT2D eigenvalue weighted by Gasteiger charge is -2.14. The second-order valence-electron chi connectivity index (χ2n) is 5.28. The number of halogens is 3. The van der Waals surface area contributed by atoms with E-state index in [1.807, 2.05) is 5.43 Å². The molecule has 25 heavy (non-hydrogen) atoms. The quantitative estimate of drug-likeness (QED) is 0.371. The predicted octanol–water partition coefficient (Wildman–Crippen LogP) is 2.21. The fourth-order valence-corrected chi connectivity index (χ4v) is 1.90. The van der Waals surface area contributed by atoms with Crippen molar-refractivity contribution in [1.29, 1.82) is 0 Å². The Bertz CT molecular complexity index is 784. The lowest BCUT2D eigenvalue weighted by atomic mass is 10.1. The highest BCUT2D eigenvalue weighted by Crippen LogP contribution is 2.35. The molecule has 134 valence electrons. The van der Waals surface area contributed by atoms with E-state index >= 15 is 0 Å². The number of ether oxygens (including phenoxy) is 1. The van der Waals surface area contributed by atoms with E-state index in [2.05, 4.69) is 10.1 Å². The Morgan fingerprint density at radius 1 is 1.36 bits per heavy atom. The summed E-state index contributed by atoms with van der Waals surface area (Å²) < 4.78 is 45.8. The van der Waals surface area contributed by atoms with E-state index in [1.165, 1.54) is 23.3 Å². The Hall–Kier alpha value is -2.88. The minimum atomic E-state index is -4.53. The van der Waals surface area contributed by atoms with Crippen LogP contribution in [0.1, 0.15) is 19.4 Å². The number of amides is 1. The molecule has 2 aromatic rings. The largest absolute Gasteiger partial charge is 0.491 e. The highest BCUT2D eigenvalue weighted by atomic mass is 19.4. The fraction of sp³-hybridized carbons (Fsp3) is 0.267. The van der Waals surface area contributed by atoms with E-state index in [0.717, 1.165) is 18.2 Å². The van der Waals surface area contributed by atoms with Gasteiger partial charge < -0.3 is 4.74 Å². The molecule has 0 saturated heterocycles. The van der Waals surface area contributed by atoms with Crippen molar-refractivity contribution in [2.24, 2.45) is 5.84 Å². The molecule has 0 fully saturated rings. The SMILES string of the molecule is CC(C)Oc1cc(-c2ncn(/C=C\C(=O)NN)n2)cc(C(F)(F)F)c1. The normalized spacial score (nSPS) is 12.0. The summed E-state index contributed by atoms with van der Waals surface area (Å²) in [6.45, 7) is 3.42. The molecule has 3 N–H and O–H groups in total. The third-order valence-electron chi connectivity index (χ3n) is 2.89. The lowest BCUT2D eigenvalue weighted by molar-refractivity contribution is -0.137. The van der Waals surface area contributed by atoms with Gasteiger partial charge in [-0.05, 0) is 32.0 Å². The molecule has 1 amide bonds. The van der Waals surface area contributed by atoms with Gasteiger partial charge in [0.1, 0.15) is 12.1 Å². The molecule has 0 saturated carbocycles. The maximum atomic E-state index is 13.1. The van der Waals surface area contributed by atoms with Crippen LogP contribution in [0.5, 0.6) is 5.75 Å². The number of nitrogens with one attached hydrogen (secondary N) is 1. The first-order valence-electron chi connectivity index (χ1n) is 7.18. The van der Waals surface area contributed by atoms with Crippen molar-refractivity contribution in [3.05, 3.63) is 36.2 Å². The van der Waals surface area contributed by atoms with Crippen LogP contribution in [0, 0.1) is 0 Å². The Labute approximate surface area is 141 Å². The van der Waals surface area contributed by atoms with Crippen molar-refractivity contribution in [1.82, 2.24) is 20.2 Å². The molecule has 0 bridgehead atoms. The summed E-state index contributed by atoms with van der Waals surface area (Å²) in [5.41, 5.74) is 1.17. The standard InChI is InChI=1S/C15H16F3N5O2/c1-9(2)25-12-6-10(5-11(7-12)15(16,17)18)14-20-8-23(22-14)4-3-13(24)21-19/h3-9H,19H2,1-2H3,(H,21,24)/b4-3-. The van der Waals surface area contributed by atoms with Crippen molar-refractivity contribution in [3.8, 4) is 17.1 Å². The third kappa shape index (κ3) is 5.05. The monoisotopic (exact) mass is 355 g/mol. The highest BCUT2D eigenvalue weighted by molar-refractivity contribution is 5.89. The molecular formula is C15H16F3N5O2. The number of nitrogens with zero attached hydrogens (tertiary/aromatic N) is 3. The molecule has 0 aliphatic rings. The smallest absolute Gasteiger partial charge is 0.416 e. The first-order chi connectivity index (χ1) is 11.7. The number of hydrazine groups is 1. The molecule has 2 rings (SSSR count). The first-order valence-corrected chi connectivity index (χ1v) is 7.18. The van der Waals surface area contributed by atoms with Crippen LogP contribution in [-0.4, -0.2) is 26.8 Å². The minimum Gasteiger partial charge on any atom is -0.491 e. The number of carbonyl (C=O) groups excluding carboxylic acids is 1. The van der Waals surface area contributed by atoms with E-state index in [4.69, 9.17) is 10.6 Å². The van der Waals surface area contributed by atoms with Gasteiger partial charge in [-0.3, -0.25) is 10.2 Å². The summed E-state index contributed by atoms with van der Waals surface area (Å²) in [5, 5.41) is 4.01. The molecule has 0 radical (unpaired) electrons. The van der Waals surface area contributed by atoms with Gasteiger partial charge in [0.2, 0.25) is 0 Å². The van der Waals surface area contributed by atoms with Crippen LogP contribution in [0.3, 0.4) is 0 Å². The van der Waals surface area contributed by atoms with Crippen LogP contribution in [0.4, 0.5) is 13.2 Å². The molecule has 1 aromatic carbocycles. The number of nitrogens with two attached hydrogens (primary N) is 1. The molecule has 0 atom stereocenters.